The number of carbonyl (C=O) groups is 1. The van der Waals surface area contributed by atoms with E-state index in [2.05, 4.69) is 0 Å². The van der Waals surface area contributed by atoms with Gasteiger partial charge in [-0.3, -0.25) is 9.59 Å². The lowest BCUT2D eigenvalue weighted by Gasteiger charge is -2.29. The zero-order chi connectivity index (χ0) is 17.3. The van der Waals surface area contributed by atoms with Gasteiger partial charge in [0, 0.05) is 12.3 Å². The first kappa shape index (κ1) is 16.1. The molecule has 0 aliphatic carbocycles. The Morgan fingerprint density at radius 3 is 2.67 bits per heavy atom. The van der Waals surface area contributed by atoms with Crippen molar-refractivity contribution in [2.45, 2.75) is 12.7 Å². The average Bonchev–Trinajstić information content (AvgIpc) is 2.55. The Balaban J connectivity index is 1.88. The smallest absolute Gasteiger partial charge is 0.417 e. The lowest BCUT2D eigenvalue weighted by atomic mass is 10.2. The molecule has 1 aliphatic rings. The van der Waals surface area contributed by atoms with Gasteiger partial charge in [0.25, 0.3) is 5.56 Å². The van der Waals surface area contributed by atoms with E-state index in [0.717, 1.165) is 10.6 Å². The molecule has 2 aromatic rings. The number of benzene rings is 1. The van der Waals surface area contributed by atoms with E-state index in [4.69, 9.17) is 4.74 Å². The minimum Gasteiger partial charge on any atom is -0.490 e. The van der Waals surface area contributed by atoms with Crippen LogP contribution < -0.4 is 15.2 Å². The summed E-state index contributed by atoms with van der Waals surface area (Å²) < 4.78 is 44.5. The summed E-state index contributed by atoms with van der Waals surface area (Å²) in [5.41, 5.74) is -1.11. The number of anilines is 1. The van der Waals surface area contributed by atoms with Crippen molar-refractivity contribution in [2.24, 2.45) is 0 Å². The minimum absolute atomic E-state index is 0.267. The van der Waals surface area contributed by atoms with E-state index in [0.29, 0.717) is 23.7 Å². The van der Waals surface area contributed by atoms with Crippen molar-refractivity contribution in [1.29, 1.82) is 0 Å². The molecule has 5 nitrogen and oxygen atoms in total. The Morgan fingerprint density at radius 2 is 1.92 bits per heavy atom. The Kier molecular flexibility index (Phi) is 4.04. The summed E-state index contributed by atoms with van der Waals surface area (Å²) in [4.78, 5) is 25.6. The van der Waals surface area contributed by atoms with Crippen molar-refractivity contribution >= 4 is 11.6 Å². The van der Waals surface area contributed by atoms with Crippen LogP contribution in [0.1, 0.15) is 5.56 Å². The zero-order valence-corrected chi connectivity index (χ0v) is 12.4. The van der Waals surface area contributed by atoms with Crippen LogP contribution in [0.5, 0.6) is 5.75 Å². The van der Waals surface area contributed by atoms with Gasteiger partial charge in [-0.05, 0) is 18.2 Å². The molecule has 1 aliphatic heterocycles. The van der Waals surface area contributed by atoms with Crippen LogP contribution in [0.25, 0.3) is 0 Å². The van der Waals surface area contributed by atoms with Crippen molar-refractivity contribution < 1.29 is 22.7 Å². The topological polar surface area (TPSA) is 51.5 Å². The van der Waals surface area contributed by atoms with Gasteiger partial charge < -0.3 is 14.2 Å². The zero-order valence-electron chi connectivity index (χ0n) is 12.4. The molecular formula is C16H13F3N2O3. The maximum Gasteiger partial charge on any atom is 0.417 e. The van der Waals surface area contributed by atoms with Gasteiger partial charge in [-0.25, -0.2) is 0 Å². The van der Waals surface area contributed by atoms with Crippen molar-refractivity contribution in [3.8, 4) is 5.75 Å². The number of carbonyl (C=O) groups excluding carboxylic acids is 1. The third-order valence-electron chi connectivity index (χ3n) is 3.65. The summed E-state index contributed by atoms with van der Waals surface area (Å²) in [7, 11) is 0. The van der Waals surface area contributed by atoms with E-state index in [-0.39, 0.29) is 13.2 Å². The van der Waals surface area contributed by atoms with E-state index in [1.54, 1.807) is 24.3 Å². The van der Waals surface area contributed by atoms with Crippen LogP contribution in [0.4, 0.5) is 18.9 Å². The van der Waals surface area contributed by atoms with Gasteiger partial charge in [-0.2, -0.15) is 13.2 Å². The molecule has 0 fully saturated rings. The van der Waals surface area contributed by atoms with Crippen molar-refractivity contribution in [2.75, 3.05) is 18.1 Å². The summed E-state index contributed by atoms with van der Waals surface area (Å²) in [6.07, 6.45) is -3.92. The second-order valence-corrected chi connectivity index (χ2v) is 5.24. The van der Waals surface area contributed by atoms with E-state index in [1.165, 1.54) is 4.90 Å². The Labute approximate surface area is 134 Å². The number of amides is 1. The molecule has 1 aromatic heterocycles. The highest BCUT2D eigenvalue weighted by molar-refractivity contribution is 5.95. The quantitative estimate of drug-likeness (QED) is 0.844. The predicted molar refractivity (Wildman–Crippen MR) is 80.0 cm³/mol. The molecule has 3 rings (SSSR count). The third-order valence-corrected chi connectivity index (χ3v) is 3.65. The van der Waals surface area contributed by atoms with Crippen LogP contribution in [0.3, 0.4) is 0 Å². The standard InChI is InChI=1S/C16H13F3N2O3/c17-16(18,19)11-5-6-14(22)20(9-11)10-15(23)21-7-8-24-13-4-2-1-3-12(13)21/h1-6,9H,7-8,10H2. The number of ether oxygens (including phenoxy) is 1. The summed E-state index contributed by atoms with van der Waals surface area (Å²) in [6.45, 7) is 0.0703. The molecule has 0 saturated heterocycles. The molecule has 0 radical (unpaired) electrons. The van der Waals surface area contributed by atoms with Crippen LogP contribution in [0, 0.1) is 0 Å². The van der Waals surface area contributed by atoms with Gasteiger partial charge in [0.1, 0.15) is 18.9 Å². The number of nitrogens with zero attached hydrogens (tertiary/aromatic N) is 2. The molecule has 0 atom stereocenters. The first-order valence-electron chi connectivity index (χ1n) is 7.16. The van der Waals surface area contributed by atoms with Gasteiger partial charge >= 0.3 is 6.18 Å². The number of hydrogen-bond donors (Lipinski definition) is 0. The van der Waals surface area contributed by atoms with Gasteiger partial charge in [0.2, 0.25) is 5.91 Å². The molecule has 2 heterocycles. The fourth-order valence-electron chi connectivity index (χ4n) is 2.48. The largest absolute Gasteiger partial charge is 0.490 e. The highest BCUT2D eigenvalue weighted by atomic mass is 19.4. The SMILES string of the molecule is O=C(Cn1cc(C(F)(F)F)ccc1=O)N1CCOc2ccccc21. The molecule has 0 bridgehead atoms. The normalized spacial score (nSPS) is 14.0. The molecule has 1 aromatic carbocycles. The molecule has 1 amide bonds. The summed E-state index contributed by atoms with van der Waals surface area (Å²) >= 11 is 0. The van der Waals surface area contributed by atoms with Gasteiger partial charge in [-0.1, -0.05) is 12.1 Å². The first-order valence-corrected chi connectivity index (χ1v) is 7.16. The lowest BCUT2D eigenvalue weighted by molar-refractivity contribution is -0.138. The Hall–Kier alpha value is -2.77. The first-order chi connectivity index (χ1) is 11.4. The van der Waals surface area contributed by atoms with E-state index in [9.17, 15) is 22.8 Å². The highest BCUT2D eigenvalue weighted by Crippen LogP contribution is 2.31. The van der Waals surface area contributed by atoms with Crippen LogP contribution in [0.2, 0.25) is 0 Å². The molecule has 24 heavy (non-hydrogen) atoms. The second-order valence-electron chi connectivity index (χ2n) is 5.24. The van der Waals surface area contributed by atoms with Crippen molar-refractivity contribution in [3.63, 3.8) is 0 Å². The number of hydrogen-bond acceptors (Lipinski definition) is 3. The van der Waals surface area contributed by atoms with E-state index < -0.39 is 29.8 Å². The van der Waals surface area contributed by atoms with Crippen LogP contribution >= 0.6 is 0 Å². The number of alkyl halides is 3. The number of aromatic nitrogens is 1. The van der Waals surface area contributed by atoms with Gasteiger partial charge in [0.05, 0.1) is 17.8 Å². The molecule has 0 N–H and O–H groups in total. The number of para-hydroxylation sites is 2. The average molecular weight is 338 g/mol. The van der Waals surface area contributed by atoms with Crippen LogP contribution in [-0.4, -0.2) is 23.6 Å². The monoisotopic (exact) mass is 338 g/mol. The molecule has 0 spiro atoms. The van der Waals surface area contributed by atoms with Crippen molar-refractivity contribution in [1.82, 2.24) is 4.57 Å². The maximum absolute atomic E-state index is 12.8. The highest BCUT2D eigenvalue weighted by Gasteiger charge is 2.31. The minimum atomic E-state index is -4.58. The predicted octanol–water partition coefficient (Wildman–Crippen LogP) is 2.29. The van der Waals surface area contributed by atoms with Gasteiger partial charge in [0.15, 0.2) is 0 Å². The Bertz CT molecular complexity index is 830. The molecular weight excluding hydrogens is 325 g/mol. The third kappa shape index (κ3) is 3.12. The number of fused-ring (bicyclic) bond motifs is 1. The van der Waals surface area contributed by atoms with Crippen molar-refractivity contribution in [3.05, 3.63) is 58.5 Å². The number of rotatable bonds is 2. The second kappa shape index (κ2) is 6.03. The molecule has 8 heteroatoms. The molecule has 0 unspecified atom stereocenters. The molecule has 0 saturated carbocycles. The van der Waals surface area contributed by atoms with E-state index in [1.807, 2.05) is 0 Å². The maximum atomic E-state index is 12.8. The summed E-state index contributed by atoms with van der Waals surface area (Å²) in [5, 5.41) is 0. The van der Waals surface area contributed by atoms with Gasteiger partial charge in [-0.15, -0.1) is 0 Å². The van der Waals surface area contributed by atoms with Crippen LogP contribution in [0.15, 0.2) is 47.4 Å². The summed E-state index contributed by atoms with van der Waals surface area (Å²) in [5.74, 6) is 0.0423. The Morgan fingerprint density at radius 1 is 1.17 bits per heavy atom. The van der Waals surface area contributed by atoms with E-state index >= 15 is 0 Å². The number of halogens is 3. The fraction of sp³-hybridized carbons (Fsp3) is 0.250. The lowest BCUT2D eigenvalue weighted by Crippen LogP contribution is -2.41. The number of pyridine rings is 1. The molecule has 126 valence electrons. The fourth-order valence-corrected chi connectivity index (χ4v) is 2.48. The van der Waals surface area contributed by atoms with Crippen LogP contribution in [-0.2, 0) is 17.5 Å². The summed E-state index contributed by atoms with van der Waals surface area (Å²) in [6, 6.07) is 8.37.